The number of rotatable bonds is 3. The van der Waals surface area contributed by atoms with Crippen molar-refractivity contribution in [1.29, 1.82) is 5.26 Å². The van der Waals surface area contributed by atoms with Gasteiger partial charge < -0.3 is 18.8 Å². The van der Waals surface area contributed by atoms with Crippen LogP contribution in [0, 0.1) is 11.3 Å². The van der Waals surface area contributed by atoms with Gasteiger partial charge in [0, 0.05) is 8.95 Å². The van der Waals surface area contributed by atoms with Gasteiger partial charge in [0.15, 0.2) is 0 Å². The lowest BCUT2D eigenvalue weighted by Gasteiger charge is -2.32. The number of hydrogen-bond donors (Lipinski definition) is 0. The summed E-state index contributed by atoms with van der Waals surface area (Å²) in [6.45, 7) is 8.18. The van der Waals surface area contributed by atoms with Gasteiger partial charge in [-0.25, -0.2) is 0 Å². The summed E-state index contributed by atoms with van der Waals surface area (Å²) in [4.78, 5) is 0. The molecule has 1 heterocycles. The fourth-order valence-electron chi connectivity index (χ4n) is 2.56. The molecule has 1 fully saturated rings. The lowest BCUT2D eigenvalue weighted by atomic mass is 9.79. The third kappa shape index (κ3) is 5.99. The highest BCUT2D eigenvalue weighted by Gasteiger charge is 2.51. The molecule has 1 aliphatic rings. The summed E-state index contributed by atoms with van der Waals surface area (Å²) in [5.74, 6) is 1.48. The molecule has 3 rings (SSSR count). The second kappa shape index (κ2) is 9.52. The Morgan fingerprint density at radius 3 is 1.79 bits per heavy atom. The van der Waals surface area contributed by atoms with Crippen LogP contribution in [0.5, 0.6) is 11.5 Å². The first-order chi connectivity index (χ1) is 13.5. The largest absolute Gasteiger partial charge is 0.497 e. The van der Waals surface area contributed by atoms with Crippen LogP contribution in [0.2, 0.25) is 0 Å². The molecule has 2 aromatic rings. The van der Waals surface area contributed by atoms with Gasteiger partial charge in [-0.3, -0.25) is 0 Å². The van der Waals surface area contributed by atoms with Crippen molar-refractivity contribution in [2.75, 3.05) is 14.2 Å². The Kier molecular flexibility index (Phi) is 7.80. The molecule has 0 radical (unpaired) electrons. The number of nitrogens with zero attached hydrogens (tertiary/aromatic N) is 1. The fourth-order valence-corrected chi connectivity index (χ4v) is 3.52. The molecule has 8 heteroatoms. The van der Waals surface area contributed by atoms with E-state index in [9.17, 15) is 0 Å². The summed E-state index contributed by atoms with van der Waals surface area (Å²) in [7, 11) is 2.86. The Labute approximate surface area is 189 Å². The van der Waals surface area contributed by atoms with Gasteiger partial charge in [0.05, 0.1) is 37.1 Å². The van der Waals surface area contributed by atoms with E-state index in [2.05, 4.69) is 31.9 Å². The van der Waals surface area contributed by atoms with E-state index in [-0.39, 0.29) is 18.3 Å². The zero-order valence-electron chi connectivity index (χ0n) is 17.4. The third-order valence-electron chi connectivity index (χ3n) is 4.89. The van der Waals surface area contributed by atoms with Gasteiger partial charge in [-0.1, -0.05) is 31.9 Å². The Bertz CT molecular complexity index is 896. The second-order valence-corrected chi connectivity index (χ2v) is 9.34. The molecule has 0 aliphatic carbocycles. The van der Waals surface area contributed by atoms with Crippen molar-refractivity contribution in [3.05, 3.63) is 50.9 Å². The van der Waals surface area contributed by atoms with E-state index < -0.39 is 0 Å². The monoisotopic (exact) mass is 523 g/mol. The summed E-state index contributed by atoms with van der Waals surface area (Å²) in [5, 5.41) is 8.56. The van der Waals surface area contributed by atoms with E-state index >= 15 is 0 Å². The van der Waals surface area contributed by atoms with E-state index in [1.165, 1.54) is 0 Å². The van der Waals surface area contributed by atoms with Crippen LogP contribution in [0.15, 0.2) is 45.3 Å². The molecule has 2 aromatic carbocycles. The molecule has 29 heavy (non-hydrogen) atoms. The first kappa shape index (κ1) is 23.8. The second-order valence-electron chi connectivity index (χ2n) is 7.50. The molecule has 0 atom stereocenters. The number of nitriles is 1. The Morgan fingerprint density at radius 1 is 0.828 bits per heavy atom. The smallest absolute Gasteiger partial charge is 0.495 e. The zero-order valence-corrected chi connectivity index (χ0v) is 20.5. The van der Waals surface area contributed by atoms with E-state index in [1.807, 2.05) is 52.0 Å². The fraction of sp³-hybridized carbons (Fsp3) is 0.381. The summed E-state index contributed by atoms with van der Waals surface area (Å²) >= 11 is 6.73. The van der Waals surface area contributed by atoms with Crippen LogP contribution in [0.25, 0.3) is 0 Å². The Balaban J connectivity index is 0.000000234. The van der Waals surface area contributed by atoms with Crippen molar-refractivity contribution in [2.24, 2.45) is 0 Å². The van der Waals surface area contributed by atoms with Crippen molar-refractivity contribution >= 4 is 44.4 Å². The predicted molar refractivity (Wildman–Crippen MR) is 122 cm³/mol. The van der Waals surface area contributed by atoms with Crippen LogP contribution in [0.1, 0.15) is 33.3 Å². The van der Waals surface area contributed by atoms with Crippen molar-refractivity contribution in [2.45, 2.75) is 38.9 Å². The zero-order chi connectivity index (χ0) is 21.8. The normalized spacial score (nSPS) is 16.4. The van der Waals surface area contributed by atoms with Crippen molar-refractivity contribution in [3.8, 4) is 17.6 Å². The molecule has 0 aromatic heterocycles. The molecule has 0 N–H and O–H groups in total. The number of ether oxygens (including phenoxy) is 2. The van der Waals surface area contributed by atoms with Gasteiger partial charge in [-0.05, 0) is 69.6 Å². The van der Waals surface area contributed by atoms with Crippen LogP contribution >= 0.6 is 31.9 Å². The van der Waals surface area contributed by atoms with Gasteiger partial charge in [0.2, 0.25) is 0 Å². The molecule has 1 saturated heterocycles. The number of halogens is 2. The highest BCUT2D eigenvalue weighted by atomic mass is 79.9. The molecule has 0 saturated carbocycles. The van der Waals surface area contributed by atoms with Gasteiger partial charge in [0.1, 0.15) is 11.5 Å². The molecule has 5 nitrogen and oxygen atoms in total. The maximum atomic E-state index is 8.56. The topological polar surface area (TPSA) is 60.7 Å². The minimum absolute atomic E-state index is 0.326. The summed E-state index contributed by atoms with van der Waals surface area (Å²) in [6, 6.07) is 13.1. The van der Waals surface area contributed by atoms with E-state index in [1.54, 1.807) is 32.4 Å². The number of benzene rings is 2. The van der Waals surface area contributed by atoms with Crippen LogP contribution in [0.3, 0.4) is 0 Å². The predicted octanol–water partition coefficient (Wildman–Crippen LogP) is 5.09. The summed E-state index contributed by atoms with van der Waals surface area (Å²) in [6.07, 6.45) is 0. The van der Waals surface area contributed by atoms with Crippen molar-refractivity contribution in [3.63, 3.8) is 0 Å². The Morgan fingerprint density at radius 2 is 1.31 bits per heavy atom. The van der Waals surface area contributed by atoms with Crippen molar-refractivity contribution < 1.29 is 18.8 Å². The van der Waals surface area contributed by atoms with Gasteiger partial charge in [-0.2, -0.15) is 5.26 Å². The highest BCUT2D eigenvalue weighted by molar-refractivity contribution is 9.10. The average Bonchev–Trinajstić information content (AvgIpc) is 2.88. The molecule has 1 aliphatic heterocycles. The van der Waals surface area contributed by atoms with E-state index in [4.69, 9.17) is 24.0 Å². The lowest BCUT2D eigenvalue weighted by Crippen LogP contribution is -2.41. The standard InChI is InChI=1S/C13H18BBrO3.C8H6BrNO/c1-12(2)13(3,4)18-14(17-12)9-6-10(15)8-11(7-9)16-5;1-11-8-3-6(5-10)2-7(9)4-8/h6-8H,1-5H3;2-4H,1H3. The molecular formula is C21H24BBr2NO4. The van der Waals surface area contributed by atoms with E-state index in [0.717, 1.165) is 20.2 Å². The quantitative estimate of drug-likeness (QED) is 0.524. The van der Waals surface area contributed by atoms with Crippen molar-refractivity contribution in [1.82, 2.24) is 0 Å². The maximum absolute atomic E-state index is 8.56. The Hall–Kier alpha value is -1.53. The highest BCUT2D eigenvalue weighted by Crippen LogP contribution is 2.36. The lowest BCUT2D eigenvalue weighted by molar-refractivity contribution is 0.00578. The van der Waals surface area contributed by atoms with Gasteiger partial charge in [0.25, 0.3) is 0 Å². The summed E-state index contributed by atoms with van der Waals surface area (Å²) < 4.78 is 24.0. The van der Waals surface area contributed by atoms with Gasteiger partial charge >= 0.3 is 7.12 Å². The number of methoxy groups -OCH3 is 2. The van der Waals surface area contributed by atoms with Gasteiger partial charge in [-0.15, -0.1) is 0 Å². The third-order valence-corrected chi connectivity index (χ3v) is 5.81. The van der Waals surface area contributed by atoms with Crippen LogP contribution in [-0.2, 0) is 9.31 Å². The first-order valence-electron chi connectivity index (χ1n) is 8.96. The number of hydrogen-bond acceptors (Lipinski definition) is 5. The van der Waals surface area contributed by atoms with Crippen LogP contribution in [0.4, 0.5) is 0 Å². The molecular weight excluding hydrogens is 501 g/mol. The van der Waals surface area contributed by atoms with Crippen LogP contribution < -0.4 is 14.9 Å². The van der Waals surface area contributed by atoms with Crippen LogP contribution in [-0.4, -0.2) is 32.5 Å². The summed E-state index contributed by atoms with van der Waals surface area (Å²) in [5.41, 5.74) is 0.900. The SMILES string of the molecule is COc1cc(Br)cc(B2OC(C)(C)C(C)(C)O2)c1.COc1cc(Br)cc(C#N)c1. The minimum Gasteiger partial charge on any atom is -0.497 e. The molecule has 0 unspecified atom stereocenters. The van der Waals surface area contributed by atoms with E-state index in [0.29, 0.717) is 11.3 Å². The minimum atomic E-state index is -0.360. The first-order valence-corrected chi connectivity index (χ1v) is 10.5. The maximum Gasteiger partial charge on any atom is 0.495 e. The molecule has 0 bridgehead atoms. The molecule has 0 spiro atoms. The molecule has 154 valence electrons. The average molecular weight is 525 g/mol. The molecule has 0 amide bonds.